The first-order valence-electron chi connectivity index (χ1n) is 8.18. The molecule has 0 saturated carbocycles. The van der Waals surface area contributed by atoms with E-state index in [-0.39, 0.29) is 24.8 Å². The molecule has 0 spiro atoms. The van der Waals surface area contributed by atoms with Crippen molar-refractivity contribution in [1.29, 1.82) is 0 Å². The molecule has 4 heteroatoms. The quantitative estimate of drug-likeness (QED) is 0.406. The van der Waals surface area contributed by atoms with Crippen LogP contribution in [0, 0.1) is 0 Å². The SMILES string of the molecule is CC1=C[C](C)([Zr]([SiH](C)C)[C]2(C)C=CC(C)=C2C)C(C)=C1C.Cl.Cl. The standard InChI is InChI=1S/C9H13.C8H11.C2H7Si.2ClH.Zr/c1-6-5-7(2)9(4)8(6)3;1-6-4-5-7(2)8(6)3;1-3-2;;;/h5H,1-4H3;4-5H,1-3H3;3H,1-2H3;2*1H;. The fraction of sp³-hybridized carbons (Fsp3) is 0.579. The number of hydrogen-bond donors (Lipinski definition) is 0. The Bertz CT molecular complexity index is 600. The molecule has 2 aliphatic carbocycles. The van der Waals surface area contributed by atoms with Gasteiger partial charge in [0, 0.05) is 0 Å². The molecule has 131 valence electrons. The average molecular weight is 452 g/mol. The third kappa shape index (κ3) is 3.62. The molecule has 2 rings (SSSR count). The van der Waals surface area contributed by atoms with Crippen molar-refractivity contribution in [3.05, 3.63) is 46.1 Å². The fourth-order valence-corrected chi connectivity index (χ4v) is 35.5. The van der Waals surface area contributed by atoms with Crippen molar-refractivity contribution in [1.82, 2.24) is 0 Å². The summed E-state index contributed by atoms with van der Waals surface area (Å²) in [6, 6.07) is 0. The molecule has 0 radical (unpaired) electrons. The second kappa shape index (κ2) is 7.90. The van der Waals surface area contributed by atoms with Crippen molar-refractivity contribution in [2.45, 2.75) is 67.8 Å². The molecule has 0 aromatic rings. The molecule has 0 N–H and O–H groups in total. The zero-order valence-electron chi connectivity index (χ0n) is 16.1. The summed E-state index contributed by atoms with van der Waals surface area (Å²) in [7, 11) is 0. The van der Waals surface area contributed by atoms with Crippen LogP contribution in [0.4, 0.5) is 0 Å². The Labute approximate surface area is 164 Å². The Hall–Kier alpha value is 0.640. The Morgan fingerprint density at radius 1 is 0.870 bits per heavy atom. The average Bonchev–Trinajstić information content (AvgIpc) is 2.74. The molecule has 0 fully saturated rings. The number of halogens is 2. The van der Waals surface area contributed by atoms with Gasteiger partial charge >= 0.3 is 141 Å². The van der Waals surface area contributed by atoms with Gasteiger partial charge in [0.2, 0.25) is 0 Å². The molecule has 2 atom stereocenters. The Morgan fingerprint density at radius 2 is 1.39 bits per heavy atom. The molecule has 0 bridgehead atoms. The van der Waals surface area contributed by atoms with Crippen LogP contribution < -0.4 is 0 Å². The Kier molecular flexibility index (Phi) is 8.12. The molecule has 0 aliphatic heterocycles. The summed E-state index contributed by atoms with van der Waals surface area (Å²) in [5, 5.41) is 0. The van der Waals surface area contributed by atoms with Crippen LogP contribution in [0.25, 0.3) is 0 Å². The second-order valence-electron chi connectivity index (χ2n) is 7.69. The first kappa shape index (κ1) is 23.6. The predicted octanol–water partition coefficient (Wildman–Crippen LogP) is 6.99. The molecule has 2 aliphatic rings. The van der Waals surface area contributed by atoms with Crippen molar-refractivity contribution in [2.75, 3.05) is 0 Å². The van der Waals surface area contributed by atoms with E-state index in [0.717, 1.165) is 0 Å². The first-order chi connectivity index (χ1) is 9.55. The van der Waals surface area contributed by atoms with Gasteiger partial charge in [-0.3, -0.25) is 0 Å². The van der Waals surface area contributed by atoms with Gasteiger partial charge in [0.25, 0.3) is 0 Å². The molecular formula is C19H33Cl2SiZr. The summed E-state index contributed by atoms with van der Waals surface area (Å²) in [5.41, 5.74) is 7.97. The molecule has 0 heterocycles. The van der Waals surface area contributed by atoms with Gasteiger partial charge in [-0.25, -0.2) is 0 Å². The minimum atomic E-state index is -1.74. The molecule has 0 amide bonds. The maximum Gasteiger partial charge on any atom is -0.147 e. The monoisotopic (exact) mass is 449 g/mol. The predicted molar refractivity (Wildman–Crippen MR) is 110 cm³/mol. The van der Waals surface area contributed by atoms with Gasteiger partial charge in [-0.15, -0.1) is 24.8 Å². The third-order valence-corrected chi connectivity index (χ3v) is 31.0. The van der Waals surface area contributed by atoms with E-state index >= 15 is 0 Å². The van der Waals surface area contributed by atoms with Gasteiger partial charge in [0.1, 0.15) is 0 Å². The zero-order valence-corrected chi connectivity index (χ0v) is 21.4. The van der Waals surface area contributed by atoms with Crippen LogP contribution >= 0.6 is 24.8 Å². The molecule has 0 nitrogen and oxygen atoms in total. The molecule has 0 aromatic heterocycles. The van der Waals surface area contributed by atoms with Gasteiger partial charge in [0.15, 0.2) is 0 Å². The maximum absolute atomic E-state index is 2.65. The van der Waals surface area contributed by atoms with E-state index in [1.165, 1.54) is 11.1 Å². The van der Waals surface area contributed by atoms with Crippen molar-refractivity contribution in [3.8, 4) is 0 Å². The van der Waals surface area contributed by atoms with E-state index < -0.39 is 26.8 Å². The van der Waals surface area contributed by atoms with Crippen LogP contribution in [0.15, 0.2) is 46.1 Å². The normalized spacial score (nSPS) is 29.7. The molecule has 0 aromatic carbocycles. The summed E-state index contributed by atoms with van der Waals surface area (Å²) < 4.78 is 0.839. The van der Waals surface area contributed by atoms with E-state index in [0.29, 0.717) is 6.25 Å². The molecule has 0 saturated heterocycles. The summed E-state index contributed by atoms with van der Waals surface area (Å²) >= 11 is -1.74. The van der Waals surface area contributed by atoms with E-state index in [9.17, 15) is 0 Å². The minimum Gasteiger partial charge on any atom is -0.147 e. The van der Waals surface area contributed by atoms with Gasteiger partial charge in [-0.1, -0.05) is 0 Å². The topological polar surface area (TPSA) is 0 Å². The number of rotatable bonds is 3. The van der Waals surface area contributed by atoms with Crippen molar-refractivity contribution >= 4 is 30.7 Å². The van der Waals surface area contributed by atoms with E-state index in [2.05, 4.69) is 79.8 Å². The third-order valence-electron chi connectivity index (χ3n) is 6.17. The summed E-state index contributed by atoms with van der Waals surface area (Å²) in [4.78, 5) is 0. The molecule has 23 heavy (non-hydrogen) atoms. The largest absolute Gasteiger partial charge is 0.147 e. The van der Waals surface area contributed by atoms with Crippen LogP contribution in [-0.2, 0) is 20.9 Å². The number of hydrogen-bond acceptors (Lipinski definition) is 0. The van der Waals surface area contributed by atoms with Crippen LogP contribution in [-0.4, -0.2) is 5.92 Å². The summed E-state index contributed by atoms with van der Waals surface area (Å²) in [6.07, 6.45) is 7.63. The van der Waals surface area contributed by atoms with Gasteiger partial charge < -0.3 is 0 Å². The number of allylic oxidation sites excluding steroid dienone is 8. The van der Waals surface area contributed by atoms with Gasteiger partial charge in [0.05, 0.1) is 0 Å². The van der Waals surface area contributed by atoms with Gasteiger partial charge in [-0.05, 0) is 0 Å². The van der Waals surface area contributed by atoms with Crippen molar-refractivity contribution < 1.29 is 20.9 Å². The van der Waals surface area contributed by atoms with Crippen LogP contribution in [0.2, 0.25) is 19.3 Å². The van der Waals surface area contributed by atoms with E-state index in [1.807, 2.05) is 0 Å². The minimum absolute atomic E-state index is 0. The van der Waals surface area contributed by atoms with Gasteiger partial charge in [-0.2, -0.15) is 0 Å². The smallest absolute Gasteiger partial charge is 0.147 e. The van der Waals surface area contributed by atoms with Crippen LogP contribution in [0.5, 0.6) is 0 Å². The van der Waals surface area contributed by atoms with Crippen LogP contribution in [0.1, 0.15) is 48.5 Å². The first-order valence-corrected chi connectivity index (χ1v) is 17.8. The Morgan fingerprint density at radius 3 is 1.70 bits per heavy atom. The van der Waals surface area contributed by atoms with Crippen molar-refractivity contribution in [2.24, 2.45) is 0 Å². The van der Waals surface area contributed by atoms with E-state index in [1.54, 1.807) is 16.7 Å². The second-order valence-corrected chi connectivity index (χ2v) is 29.1. The van der Waals surface area contributed by atoms with Crippen LogP contribution in [0.3, 0.4) is 0 Å². The van der Waals surface area contributed by atoms with E-state index in [4.69, 9.17) is 0 Å². The molecular weight excluding hydrogens is 418 g/mol. The Balaban J connectivity index is 0.00000242. The zero-order chi connectivity index (χ0) is 16.2. The molecule has 2 unspecified atom stereocenters. The summed E-state index contributed by atoms with van der Waals surface area (Å²) in [5.74, 6) is -0.652. The fourth-order valence-electron chi connectivity index (χ4n) is 4.60. The maximum atomic E-state index is 2.65. The summed E-state index contributed by atoms with van der Waals surface area (Å²) in [6.45, 7) is 22.1. The van der Waals surface area contributed by atoms with Crippen molar-refractivity contribution in [3.63, 3.8) is 0 Å².